The second-order valence-corrected chi connectivity index (χ2v) is 10.7. The van der Waals surface area contributed by atoms with Crippen LogP contribution in [-0.4, -0.2) is 26.4 Å². The van der Waals surface area contributed by atoms with E-state index >= 15 is 0 Å². The van der Waals surface area contributed by atoms with E-state index in [1.54, 1.807) is 23.8 Å². The summed E-state index contributed by atoms with van der Waals surface area (Å²) in [6, 6.07) is 22.2. The van der Waals surface area contributed by atoms with E-state index in [2.05, 4.69) is 27.8 Å². The maximum Gasteiger partial charge on any atom is 0.262 e. The van der Waals surface area contributed by atoms with Crippen LogP contribution in [0.15, 0.2) is 71.6 Å². The Hall–Kier alpha value is -2.34. The molecule has 5 rings (SSSR count). The lowest BCUT2D eigenvalue weighted by atomic mass is 9.93. The van der Waals surface area contributed by atoms with Gasteiger partial charge < -0.3 is 0 Å². The minimum absolute atomic E-state index is 0. The molecule has 0 saturated carbocycles. The highest BCUT2D eigenvalue weighted by atomic mass is 35.5. The molecule has 6 heteroatoms. The van der Waals surface area contributed by atoms with Crippen molar-refractivity contribution >= 4 is 28.1 Å². The number of benzene rings is 3. The van der Waals surface area contributed by atoms with Gasteiger partial charge in [-0.1, -0.05) is 48.5 Å². The number of rotatable bonds is 7. The third kappa shape index (κ3) is 4.96. The van der Waals surface area contributed by atoms with Gasteiger partial charge in [-0.05, 0) is 91.6 Å². The van der Waals surface area contributed by atoms with Crippen molar-refractivity contribution in [3.63, 3.8) is 0 Å². The van der Waals surface area contributed by atoms with Gasteiger partial charge in [0.2, 0.25) is 0 Å². The minimum atomic E-state index is -3.63. The summed E-state index contributed by atoms with van der Waals surface area (Å²) in [5.74, 6) is 0. The van der Waals surface area contributed by atoms with Crippen molar-refractivity contribution in [1.29, 1.82) is 0 Å². The number of hydrogen-bond acceptors (Lipinski definition) is 3. The van der Waals surface area contributed by atoms with Crippen molar-refractivity contribution in [2.45, 2.75) is 50.0 Å². The van der Waals surface area contributed by atoms with Crippen molar-refractivity contribution in [3.8, 4) is 0 Å². The summed E-state index contributed by atoms with van der Waals surface area (Å²) in [6.07, 6.45) is 5.20. The lowest BCUT2D eigenvalue weighted by Crippen LogP contribution is -2.35. The summed E-state index contributed by atoms with van der Waals surface area (Å²) in [7, 11) is -3.63. The Bertz CT molecular complexity index is 1240. The third-order valence-electron chi connectivity index (χ3n) is 6.84. The van der Waals surface area contributed by atoms with Crippen LogP contribution in [0.1, 0.15) is 46.7 Å². The molecule has 0 saturated heterocycles. The van der Waals surface area contributed by atoms with Crippen molar-refractivity contribution in [3.05, 3.63) is 94.5 Å². The molecular formula is C27H31ClN2O2S. The zero-order valence-electron chi connectivity index (χ0n) is 19.0. The standard InChI is InChI=1S/C27H30N2O2S.ClH/c1-20-7-4-12-24(19-20)28-32(30,31)26-13-3-2-8-21(26)11-6-17-29-18-16-23-10-5-9-22-14-15-25(29)27(22)23;/h2-5,7-10,12-13,19,25,28H,6,11,14-18H2,1H3;1H. The fraction of sp³-hybridized carbons (Fsp3) is 0.333. The number of halogens is 1. The molecule has 0 radical (unpaired) electrons. The molecule has 33 heavy (non-hydrogen) atoms. The average molecular weight is 483 g/mol. The van der Waals surface area contributed by atoms with Gasteiger partial charge >= 0.3 is 0 Å². The van der Waals surface area contributed by atoms with Crippen LogP contribution in [0.2, 0.25) is 0 Å². The first kappa shape index (κ1) is 23.8. The molecule has 174 valence electrons. The number of aryl methyl sites for hydroxylation is 3. The maximum absolute atomic E-state index is 13.1. The smallest absolute Gasteiger partial charge is 0.262 e. The van der Waals surface area contributed by atoms with Crippen molar-refractivity contribution in [2.24, 2.45) is 0 Å². The first-order valence-corrected chi connectivity index (χ1v) is 13.0. The average Bonchev–Trinajstić information content (AvgIpc) is 3.21. The van der Waals surface area contributed by atoms with E-state index in [1.165, 1.54) is 24.0 Å². The van der Waals surface area contributed by atoms with Crippen LogP contribution in [0.3, 0.4) is 0 Å². The predicted molar refractivity (Wildman–Crippen MR) is 137 cm³/mol. The van der Waals surface area contributed by atoms with E-state index < -0.39 is 10.0 Å². The van der Waals surface area contributed by atoms with Gasteiger partial charge in [0.25, 0.3) is 10.0 Å². The number of anilines is 1. The van der Waals surface area contributed by atoms with Crippen molar-refractivity contribution < 1.29 is 8.42 Å². The Morgan fingerprint density at radius 3 is 2.55 bits per heavy atom. The Morgan fingerprint density at radius 2 is 1.73 bits per heavy atom. The molecule has 2 aliphatic rings. The van der Waals surface area contributed by atoms with E-state index in [0.29, 0.717) is 16.6 Å². The van der Waals surface area contributed by atoms with Gasteiger partial charge in [0.05, 0.1) is 4.90 Å². The highest BCUT2D eigenvalue weighted by molar-refractivity contribution is 7.92. The third-order valence-corrected chi connectivity index (χ3v) is 8.32. The molecule has 3 aromatic carbocycles. The van der Waals surface area contributed by atoms with Crippen LogP contribution in [0.5, 0.6) is 0 Å². The van der Waals surface area contributed by atoms with Crippen LogP contribution in [0.25, 0.3) is 0 Å². The molecule has 1 heterocycles. The monoisotopic (exact) mass is 482 g/mol. The Labute approximate surface area is 203 Å². The van der Waals surface area contributed by atoms with Crippen molar-refractivity contribution in [2.75, 3.05) is 17.8 Å². The van der Waals surface area contributed by atoms with E-state index in [0.717, 1.165) is 43.5 Å². The Balaban J connectivity index is 0.00000259. The van der Waals surface area contributed by atoms with Crippen LogP contribution in [0.4, 0.5) is 5.69 Å². The molecule has 1 atom stereocenters. The zero-order valence-corrected chi connectivity index (χ0v) is 20.6. The molecule has 0 spiro atoms. The maximum atomic E-state index is 13.1. The topological polar surface area (TPSA) is 49.4 Å². The van der Waals surface area contributed by atoms with E-state index in [-0.39, 0.29) is 12.4 Å². The SMILES string of the molecule is Cc1cccc(NS(=O)(=O)c2ccccc2CCCN2CCc3cccc4c3C2CC4)c1.Cl. The molecule has 0 fully saturated rings. The summed E-state index contributed by atoms with van der Waals surface area (Å²) in [4.78, 5) is 3.00. The Kier molecular flexibility index (Phi) is 7.13. The van der Waals surface area contributed by atoms with E-state index in [1.807, 2.05) is 37.3 Å². The van der Waals surface area contributed by atoms with Crippen LogP contribution >= 0.6 is 12.4 Å². The van der Waals surface area contributed by atoms with Crippen LogP contribution in [0, 0.1) is 6.92 Å². The van der Waals surface area contributed by atoms with E-state index in [4.69, 9.17) is 0 Å². The molecule has 0 aromatic heterocycles. The quantitative estimate of drug-likeness (QED) is 0.470. The molecule has 0 amide bonds. The molecule has 0 bridgehead atoms. The summed E-state index contributed by atoms with van der Waals surface area (Å²) in [5, 5.41) is 0. The van der Waals surface area contributed by atoms with Gasteiger partial charge in [-0.15, -0.1) is 12.4 Å². The molecule has 4 nitrogen and oxygen atoms in total. The highest BCUT2D eigenvalue weighted by Crippen LogP contribution is 2.41. The van der Waals surface area contributed by atoms with Gasteiger partial charge in [0, 0.05) is 18.3 Å². The zero-order chi connectivity index (χ0) is 22.1. The first-order valence-electron chi connectivity index (χ1n) is 11.5. The molecule has 1 unspecified atom stereocenters. The van der Waals surface area contributed by atoms with Gasteiger partial charge in [0.1, 0.15) is 0 Å². The largest absolute Gasteiger partial charge is 0.296 e. The second kappa shape index (κ2) is 9.88. The van der Waals surface area contributed by atoms with Crippen LogP contribution in [-0.2, 0) is 29.3 Å². The fourth-order valence-corrected chi connectivity index (χ4v) is 6.70. The van der Waals surface area contributed by atoms with Crippen LogP contribution < -0.4 is 4.72 Å². The van der Waals surface area contributed by atoms with Gasteiger partial charge in [-0.3, -0.25) is 9.62 Å². The number of hydrogen-bond donors (Lipinski definition) is 1. The van der Waals surface area contributed by atoms with Gasteiger partial charge in [-0.25, -0.2) is 8.42 Å². The normalized spacial score (nSPS) is 17.3. The van der Waals surface area contributed by atoms with Gasteiger partial charge in [-0.2, -0.15) is 0 Å². The van der Waals surface area contributed by atoms with E-state index in [9.17, 15) is 8.42 Å². The summed E-state index contributed by atoms with van der Waals surface area (Å²) in [6.45, 7) is 4.05. The molecular weight excluding hydrogens is 452 g/mol. The first-order chi connectivity index (χ1) is 15.5. The summed E-state index contributed by atoms with van der Waals surface area (Å²) >= 11 is 0. The number of sulfonamides is 1. The van der Waals surface area contributed by atoms with Gasteiger partial charge in [0.15, 0.2) is 0 Å². The second-order valence-electron chi connectivity index (χ2n) is 9.02. The molecule has 3 aromatic rings. The highest BCUT2D eigenvalue weighted by Gasteiger charge is 2.32. The molecule has 1 N–H and O–H groups in total. The summed E-state index contributed by atoms with van der Waals surface area (Å²) in [5.41, 5.74) is 7.14. The molecule has 1 aliphatic carbocycles. The molecule has 1 aliphatic heterocycles. The predicted octanol–water partition coefficient (Wildman–Crippen LogP) is 5.70. The fourth-order valence-electron chi connectivity index (χ4n) is 5.38. The number of nitrogens with zero attached hydrogens (tertiary/aromatic N) is 1. The lowest BCUT2D eigenvalue weighted by Gasteiger charge is -2.35. The lowest BCUT2D eigenvalue weighted by molar-refractivity contribution is 0.183. The Morgan fingerprint density at radius 1 is 0.970 bits per heavy atom. The summed E-state index contributed by atoms with van der Waals surface area (Å²) < 4.78 is 29.0. The van der Waals surface area contributed by atoms with Crippen molar-refractivity contribution in [1.82, 2.24) is 4.90 Å². The minimum Gasteiger partial charge on any atom is -0.296 e. The number of nitrogens with one attached hydrogen (secondary N) is 1.